The molecule has 1 nitrogen and oxygen atoms in total. The predicted octanol–water partition coefficient (Wildman–Crippen LogP) is 5.35. The number of hydrogen-bond acceptors (Lipinski definition) is 0. The van der Waals surface area contributed by atoms with E-state index in [1.807, 2.05) is 12.2 Å². The highest BCUT2D eigenvalue weighted by atomic mass is 79.9. The second kappa shape index (κ2) is 3.97. The third kappa shape index (κ3) is 1.53. The van der Waals surface area contributed by atoms with Crippen molar-refractivity contribution in [2.75, 3.05) is 0 Å². The van der Waals surface area contributed by atoms with Gasteiger partial charge in [-0.2, -0.15) is 0 Å². The molecule has 0 aliphatic heterocycles. The summed E-state index contributed by atoms with van der Waals surface area (Å²) in [4.78, 5) is 3.53. The van der Waals surface area contributed by atoms with Crippen molar-refractivity contribution in [2.24, 2.45) is 0 Å². The predicted molar refractivity (Wildman–Crippen MR) is 86.3 cm³/mol. The molecule has 19 heavy (non-hydrogen) atoms. The summed E-state index contributed by atoms with van der Waals surface area (Å²) in [6, 6.07) is 6.36. The molecule has 0 saturated carbocycles. The van der Waals surface area contributed by atoms with Gasteiger partial charge in [0, 0.05) is 26.4 Å². The Morgan fingerprint density at radius 2 is 1.95 bits per heavy atom. The number of hydrogen-bond donors (Lipinski definition) is 1. The average Bonchev–Trinajstić information content (AvgIpc) is 2.82. The second-order valence-electron chi connectivity index (χ2n) is 5.43. The number of aromatic amines is 1. The van der Waals surface area contributed by atoms with Crippen LogP contribution in [-0.4, -0.2) is 4.98 Å². The SMILES string of the molecule is C=CC1=C(C=C)C(C)(C)c2c1[nH]c1ccc(Br)cc21. The van der Waals surface area contributed by atoms with Crippen LogP contribution in [-0.2, 0) is 5.41 Å². The summed E-state index contributed by atoms with van der Waals surface area (Å²) in [5.41, 5.74) is 6.06. The molecular weight excluding hydrogens is 298 g/mol. The van der Waals surface area contributed by atoms with Crippen molar-refractivity contribution in [1.82, 2.24) is 4.98 Å². The monoisotopic (exact) mass is 313 g/mol. The van der Waals surface area contributed by atoms with Gasteiger partial charge in [-0.15, -0.1) is 0 Å². The molecule has 1 aliphatic rings. The summed E-state index contributed by atoms with van der Waals surface area (Å²) in [5.74, 6) is 0. The Morgan fingerprint density at radius 1 is 1.21 bits per heavy atom. The van der Waals surface area contributed by atoms with Crippen LogP contribution < -0.4 is 0 Å². The number of allylic oxidation sites excluding steroid dienone is 4. The lowest BCUT2D eigenvalue weighted by Crippen LogP contribution is -2.15. The van der Waals surface area contributed by atoms with Gasteiger partial charge in [-0.05, 0) is 29.3 Å². The lowest BCUT2D eigenvalue weighted by atomic mass is 9.80. The van der Waals surface area contributed by atoms with Crippen molar-refractivity contribution >= 4 is 32.4 Å². The smallest absolute Gasteiger partial charge is 0.0509 e. The van der Waals surface area contributed by atoms with Crippen molar-refractivity contribution in [1.29, 1.82) is 0 Å². The summed E-state index contributed by atoms with van der Waals surface area (Å²) in [6.45, 7) is 12.4. The summed E-state index contributed by atoms with van der Waals surface area (Å²) < 4.78 is 1.10. The maximum Gasteiger partial charge on any atom is 0.0509 e. The minimum atomic E-state index is -0.0420. The highest BCUT2D eigenvalue weighted by Crippen LogP contribution is 2.50. The first-order valence-electron chi connectivity index (χ1n) is 6.32. The highest BCUT2D eigenvalue weighted by molar-refractivity contribution is 9.10. The van der Waals surface area contributed by atoms with E-state index in [2.05, 4.69) is 66.1 Å². The maximum absolute atomic E-state index is 3.97. The van der Waals surface area contributed by atoms with Crippen LogP contribution in [0.3, 0.4) is 0 Å². The van der Waals surface area contributed by atoms with Crippen molar-refractivity contribution in [3.63, 3.8) is 0 Å². The summed E-state index contributed by atoms with van der Waals surface area (Å²) in [6.07, 6.45) is 3.88. The Bertz CT molecular complexity index is 744. The highest BCUT2D eigenvalue weighted by Gasteiger charge is 2.38. The molecule has 0 atom stereocenters. The Balaban J connectivity index is 2.45. The van der Waals surface area contributed by atoms with Crippen LogP contribution in [0.4, 0.5) is 0 Å². The number of rotatable bonds is 2. The molecule has 0 saturated heterocycles. The Hall–Kier alpha value is -1.54. The molecule has 1 aromatic heterocycles. The fourth-order valence-electron chi connectivity index (χ4n) is 3.20. The lowest BCUT2D eigenvalue weighted by molar-refractivity contribution is 0.661. The van der Waals surface area contributed by atoms with Crippen LogP contribution in [0.5, 0.6) is 0 Å². The quantitative estimate of drug-likeness (QED) is 0.769. The van der Waals surface area contributed by atoms with Crippen LogP contribution in [0.2, 0.25) is 0 Å². The van der Waals surface area contributed by atoms with E-state index >= 15 is 0 Å². The van der Waals surface area contributed by atoms with Gasteiger partial charge in [-0.3, -0.25) is 0 Å². The van der Waals surface area contributed by atoms with Crippen molar-refractivity contribution in [2.45, 2.75) is 19.3 Å². The molecule has 0 fully saturated rings. The molecule has 2 heteroatoms. The zero-order chi connectivity index (χ0) is 13.8. The number of H-pyrrole nitrogens is 1. The van der Waals surface area contributed by atoms with Crippen LogP contribution in [0.1, 0.15) is 25.1 Å². The molecule has 1 aromatic carbocycles. The molecule has 1 aliphatic carbocycles. The molecule has 3 rings (SSSR count). The van der Waals surface area contributed by atoms with E-state index in [4.69, 9.17) is 0 Å². The molecule has 1 heterocycles. The zero-order valence-electron chi connectivity index (χ0n) is 11.2. The molecule has 96 valence electrons. The van der Waals surface area contributed by atoms with E-state index in [0.717, 1.165) is 4.47 Å². The van der Waals surface area contributed by atoms with E-state index < -0.39 is 0 Å². The van der Waals surface area contributed by atoms with Crippen molar-refractivity contribution in [3.8, 4) is 0 Å². The largest absolute Gasteiger partial charge is 0.354 e. The molecule has 0 unspecified atom stereocenters. The number of nitrogens with one attached hydrogen (secondary N) is 1. The van der Waals surface area contributed by atoms with Crippen molar-refractivity contribution < 1.29 is 0 Å². The van der Waals surface area contributed by atoms with Gasteiger partial charge in [0.05, 0.1) is 5.69 Å². The number of benzene rings is 1. The molecular formula is C17H16BrN. The number of fused-ring (bicyclic) bond motifs is 3. The van der Waals surface area contributed by atoms with Crippen LogP contribution >= 0.6 is 15.9 Å². The summed E-state index contributed by atoms with van der Waals surface area (Å²) >= 11 is 3.56. The van der Waals surface area contributed by atoms with Gasteiger partial charge in [0.1, 0.15) is 0 Å². The fraction of sp³-hybridized carbons (Fsp3) is 0.176. The molecule has 1 N–H and O–H groups in total. The van der Waals surface area contributed by atoms with E-state index in [0.29, 0.717) is 0 Å². The minimum Gasteiger partial charge on any atom is -0.354 e. The normalized spacial score (nSPS) is 16.8. The maximum atomic E-state index is 3.97. The third-order valence-electron chi connectivity index (χ3n) is 4.03. The first-order valence-corrected chi connectivity index (χ1v) is 7.11. The molecule has 0 radical (unpaired) electrons. The van der Waals surface area contributed by atoms with Crippen LogP contribution in [0.25, 0.3) is 16.5 Å². The lowest BCUT2D eigenvalue weighted by Gasteiger charge is -2.22. The Labute approximate surface area is 121 Å². The van der Waals surface area contributed by atoms with Gasteiger partial charge in [-0.25, -0.2) is 0 Å². The number of halogens is 1. The minimum absolute atomic E-state index is 0.0420. The van der Waals surface area contributed by atoms with Gasteiger partial charge in [0.25, 0.3) is 0 Å². The Morgan fingerprint density at radius 3 is 2.58 bits per heavy atom. The van der Waals surface area contributed by atoms with E-state index in [9.17, 15) is 0 Å². The van der Waals surface area contributed by atoms with Crippen LogP contribution in [0.15, 0.2) is 53.6 Å². The van der Waals surface area contributed by atoms with Gasteiger partial charge < -0.3 is 4.98 Å². The first kappa shape index (κ1) is 12.5. The molecule has 0 spiro atoms. The summed E-state index contributed by atoms with van der Waals surface area (Å²) in [7, 11) is 0. The Kier molecular flexibility index (Phi) is 2.61. The standard InChI is InChI=1S/C17H16BrN/c1-5-11-13(6-2)17(3,4)15-12-9-10(18)7-8-14(12)19-16(11)15/h5-9,19H,1-2H2,3-4H3. The first-order chi connectivity index (χ1) is 9.00. The fourth-order valence-corrected chi connectivity index (χ4v) is 3.56. The van der Waals surface area contributed by atoms with E-state index in [-0.39, 0.29) is 5.41 Å². The average molecular weight is 314 g/mol. The third-order valence-corrected chi connectivity index (χ3v) is 4.52. The van der Waals surface area contributed by atoms with Crippen molar-refractivity contribution in [3.05, 3.63) is 64.8 Å². The number of aromatic nitrogens is 1. The molecule has 0 bridgehead atoms. The molecule has 0 amide bonds. The van der Waals surface area contributed by atoms with Gasteiger partial charge in [0.2, 0.25) is 0 Å². The second-order valence-corrected chi connectivity index (χ2v) is 6.34. The topological polar surface area (TPSA) is 15.8 Å². The summed E-state index contributed by atoms with van der Waals surface area (Å²) in [5, 5.41) is 1.27. The van der Waals surface area contributed by atoms with Crippen LogP contribution in [0, 0.1) is 0 Å². The molecule has 2 aromatic rings. The van der Waals surface area contributed by atoms with E-state index in [1.54, 1.807) is 0 Å². The van der Waals surface area contributed by atoms with E-state index in [1.165, 1.54) is 33.3 Å². The van der Waals surface area contributed by atoms with Gasteiger partial charge >= 0.3 is 0 Å². The van der Waals surface area contributed by atoms with Gasteiger partial charge in [0.15, 0.2) is 0 Å². The van der Waals surface area contributed by atoms with Gasteiger partial charge in [-0.1, -0.05) is 55.1 Å². The zero-order valence-corrected chi connectivity index (χ0v) is 12.8.